The molecule has 3 aromatic heterocycles. The molecule has 120 valence electrons. The summed E-state index contributed by atoms with van der Waals surface area (Å²) in [6.07, 6.45) is 5.36. The van der Waals surface area contributed by atoms with Crippen molar-refractivity contribution in [2.24, 2.45) is 0 Å². The summed E-state index contributed by atoms with van der Waals surface area (Å²) in [5.41, 5.74) is 3.54. The van der Waals surface area contributed by atoms with Gasteiger partial charge in [0.05, 0.1) is 36.8 Å². The summed E-state index contributed by atoms with van der Waals surface area (Å²) in [4.78, 5) is 15.7. The number of benzene rings is 1. The molecule has 5 rings (SSSR count). The summed E-state index contributed by atoms with van der Waals surface area (Å²) in [5.74, 6) is 0.718. The number of hydrogen-bond acceptors (Lipinski definition) is 6. The fourth-order valence-electron chi connectivity index (χ4n) is 2.98. The van der Waals surface area contributed by atoms with E-state index in [1.165, 1.54) is 0 Å². The molecule has 8 nitrogen and oxygen atoms in total. The van der Waals surface area contributed by atoms with Crippen LogP contribution in [0.15, 0.2) is 36.9 Å². The van der Waals surface area contributed by atoms with Crippen LogP contribution in [-0.4, -0.2) is 56.0 Å². The van der Waals surface area contributed by atoms with Crippen LogP contribution in [0.5, 0.6) is 0 Å². The van der Waals surface area contributed by atoms with Crippen molar-refractivity contribution >= 4 is 28.0 Å². The molecule has 1 aliphatic rings. The van der Waals surface area contributed by atoms with Gasteiger partial charge in [0, 0.05) is 18.5 Å². The summed E-state index contributed by atoms with van der Waals surface area (Å²) >= 11 is 0. The quantitative estimate of drug-likeness (QED) is 0.603. The topological polar surface area (TPSA) is 84.8 Å². The molecular weight excluding hydrogens is 306 g/mol. The minimum absolute atomic E-state index is 0.706. The van der Waals surface area contributed by atoms with Crippen molar-refractivity contribution in [3.05, 3.63) is 36.9 Å². The van der Waals surface area contributed by atoms with E-state index in [1.807, 2.05) is 29.0 Å². The predicted octanol–water partition coefficient (Wildman–Crippen LogP) is 1.53. The molecule has 1 aliphatic heterocycles. The second kappa shape index (κ2) is 5.27. The average molecular weight is 321 g/mol. The maximum atomic E-state index is 5.40. The number of aromatic amines is 1. The van der Waals surface area contributed by atoms with Gasteiger partial charge >= 0.3 is 0 Å². The van der Waals surface area contributed by atoms with Crippen molar-refractivity contribution in [3.8, 4) is 5.69 Å². The van der Waals surface area contributed by atoms with Crippen LogP contribution in [-0.2, 0) is 4.74 Å². The minimum Gasteiger partial charge on any atom is -0.378 e. The van der Waals surface area contributed by atoms with Crippen molar-refractivity contribution in [2.75, 3.05) is 31.2 Å². The number of morpholine rings is 1. The van der Waals surface area contributed by atoms with E-state index in [0.29, 0.717) is 13.2 Å². The molecule has 1 N–H and O–H groups in total. The van der Waals surface area contributed by atoms with Crippen molar-refractivity contribution < 1.29 is 4.74 Å². The highest BCUT2D eigenvalue weighted by Crippen LogP contribution is 2.21. The lowest BCUT2D eigenvalue weighted by molar-refractivity contribution is 0.122. The molecule has 4 aromatic rings. The molecule has 1 aromatic carbocycles. The number of aromatic nitrogens is 6. The first-order chi connectivity index (χ1) is 11.9. The van der Waals surface area contributed by atoms with Gasteiger partial charge in [-0.05, 0) is 18.2 Å². The van der Waals surface area contributed by atoms with E-state index in [1.54, 1.807) is 12.5 Å². The Morgan fingerprint density at radius 1 is 1.08 bits per heavy atom. The average Bonchev–Trinajstić information content (AvgIpc) is 3.27. The van der Waals surface area contributed by atoms with Crippen molar-refractivity contribution in [1.82, 2.24) is 29.7 Å². The number of fused-ring (bicyclic) bond motifs is 2. The van der Waals surface area contributed by atoms with E-state index in [9.17, 15) is 0 Å². The molecule has 0 bridgehead atoms. The van der Waals surface area contributed by atoms with Crippen LogP contribution in [0.3, 0.4) is 0 Å². The highest BCUT2D eigenvalue weighted by molar-refractivity contribution is 5.81. The SMILES string of the molecule is c1cc2cn[nH]c2cc1-n1cnc2cnc(N3CCOCC3)nc21. The Bertz CT molecular complexity index is 1020. The Hall–Kier alpha value is -3.00. The molecule has 4 heterocycles. The summed E-state index contributed by atoms with van der Waals surface area (Å²) in [5, 5.41) is 8.14. The molecule has 1 saturated heterocycles. The van der Waals surface area contributed by atoms with Crippen LogP contribution in [0.1, 0.15) is 0 Å². The van der Waals surface area contributed by atoms with Crippen LogP contribution in [0, 0.1) is 0 Å². The second-order valence-corrected chi connectivity index (χ2v) is 5.73. The van der Waals surface area contributed by atoms with Gasteiger partial charge in [0.2, 0.25) is 5.95 Å². The molecule has 0 amide bonds. The lowest BCUT2D eigenvalue weighted by atomic mass is 10.2. The third-order valence-corrected chi connectivity index (χ3v) is 4.28. The van der Waals surface area contributed by atoms with Crippen molar-refractivity contribution in [1.29, 1.82) is 0 Å². The second-order valence-electron chi connectivity index (χ2n) is 5.73. The summed E-state index contributed by atoms with van der Waals surface area (Å²) < 4.78 is 7.37. The van der Waals surface area contributed by atoms with Gasteiger partial charge in [-0.15, -0.1) is 0 Å². The smallest absolute Gasteiger partial charge is 0.227 e. The van der Waals surface area contributed by atoms with Gasteiger partial charge in [-0.1, -0.05) is 0 Å². The van der Waals surface area contributed by atoms with Crippen LogP contribution in [0.25, 0.3) is 27.8 Å². The number of nitrogens with zero attached hydrogens (tertiary/aromatic N) is 6. The normalized spacial score (nSPS) is 15.4. The number of nitrogens with one attached hydrogen (secondary N) is 1. The first kappa shape index (κ1) is 13.4. The fourth-order valence-corrected chi connectivity index (χ4v) is 2.98. The molecule has 0 unspecified atom stereocenters. The van der Waals surface area contributed by atoms with Gasteiger partial charge in [-0.2, -0.15) is 10.1 Å². The van der Waals surface area contributed by atoms with Crippen LogP contribution in [0.2, 0.25) is 0 Å². The van der Waals surface area contributed by atoms with Gasteiger partial charge in [-0.25, -0.2) is 9.97 Å². The van der Waals surface area contributed by atoms with Crippen molar-refractivity contribution in [3.63, 3.8) is 0 Å². The van der Waals surface area contributed by atoms with E-state index in [0.717, 1.165) is 46.8 Å². The number of hydrogen-bond donors (Lipinski definition) is 1. The largest absolute Gasteiger partial charge is 0.378 e. The third-order valence-electron chi connectivity index (χ3n) is 4.28. The number of H-pyrrole nitrogens is 1. The molecule has 0 atom stereocenters. The summed E-state index contributed by atoms with van der Waals surface area (Å²) in [7, 11) is 0. The molecule has 0 saturated carbocycles. The molecule has 0 radical (unpaired) electrons. The molecule has 0 spiro atoms. The van der Waals surface area contributed by atoms with Gasteiger partial charge < -0.3 is 9.64 Å². The standard InChI is InChI=1S/C16H15N7O/c1-2-12(7-13-11(1)8-19-21-13)23-10-18-14-9-17-16(20-15(14)23)22-3-5-24-6-4-22/h1-2,7-10H,3-6H2,(H,19,21). The highest BCUT2D eigenvalue weighted by Gasteiger charge is 2.16. The zero-order valence-electron chi connectivity index (χ0n) is 12.9. The molecule has 8 heteroatoms. The Morgan fingerprint density at radius 3 is 2.92 bits per heavy atom. The minimum atomic E-state index is 0.706. The lowest BCUT2D eigenvalue weighted by Crippen LogP contribution is -2.37. The molecule has 24 heavy (non-hydrogen) atoms. The van der Waals surface area contributed by atoms with Crippen LogP contribution in [0.4, 0.5) is 5.95 Å². The van der Waals surface area contributed by atoms with E-state index < -0.39 is 0 Å². The Morgan fingerprint density at radius 2 is 2.00 bits per heavy atom. The summed E-state index contributed by atoms with van der Waals surface area (Å²) in [6, 6.07) is 6.11. The lowest BCUT2D eigenvalue weighted by Gasteiger charge is -2.26. The Balaban J connectivity index is 1.62. The number of rotatable bonds is 2. The zero-order valence-corrected chi connectivity index (χ0v) is 12.9. The fraction of sp³-hybridized carbons (Fsp3) is 0.250. The maximum Gasteiger partial charge on any atom is 0.227 e. The monoisotopic (exact) mass is 321 g/mol. The predicted molar refractivity (Wildman–Crippen MR) is 89.3 cm³/mol. The zero-order chi connectivity index (χ0) is 15.9. The van der Waals surface area contributed by atoms with Gasteiger partial charge in [0.1, 0.15) is 11.8 Å². The molecule has 0 aliphatic carbocycles. The Kier molecular flexibility index (Phi) is 2.95. The van der Waals surface area contributed by atoms with E-state index in [-0.39, 0.29) is 0 Å². The maximum absolute atomic E-state index is 5.40. The van der Waals surface area contributed by atoms with E-state index in [4.69, 9.17) is 9.72 Å². The third kappa shape index (κ3) is 2.11. The number of anilines is 1. The van der Waals surface area contributed by atoms with Gasteiger partial charge in [0.25, 0.3) is 0 Å². The van der Waals surface area contributed by atoms with Crippen LogP contribution >= 0.6 is 0 Å². The molecule has 1 fully saturated rings. The Labute approximate surface area is 137 Å². The summed E-state index contributed by atoms with van der Waals surface area (Å²) in [6.45, 7) is 3.02. The van der Waals surface area contributed by atoms with E-state index >= 15 is 0 Å². The first-order valence-corrected chi connectivity index (χ1v) is 7.85. The molecular formula is C16H15N7O. The first-order valence-electron chi connectivity index (χ1n) is 7.85. The van der Waals surface area contributed by atoms with Crippen LogP contribution < -0.4 is 4.90 Å². The van der Waals surface area contributed by atoms with Gasteiger partial charge in [0.15, 0.2) is 5.65 Å². The van der Waals surface area contributed by atoms with Gasteiger partial charge in [-0.3, -0.25) is 9.67 Å². The van der Waals surface area contributed by atoms with Crippen molar-refractivity contribution in [2.45, 2.75) is 0 Å². The van der Waals surface area contributed by atoms with E-state index in [2.05, 4.69) is 25.1 Å². The number of imidazole rings is 1. The number of ether oxygens (including phenoxy) is 1. The highest BCUT2D eigenvalue weighted by atomic mass is 16.5.